The number of hydrogen-bond donors (Lipinski definition) is 1. The van der Waals surface area contributed by atoms with Gasteiger partial charge < -0.3 is 10.5 Å². The van der Waals surface area contributed by atoms with Crippen molar-refractivity contribution in [3.8, 4) is 5.75 Å². The first kappa shape index (κ1) is 12.2. The van der Waals surface area contributed by atoms with Gasteiger partial charge in [0.1, 0.15) is 11.6 Å². The number of halogens is 3. The van der Waals surface area contributed by atoms with Gasteiger partial charge in [0.2, 0.25) is 5.92 Å². The van der Waals surface area contributed by atoms with Crippen LogP contribution in [-0.2, 0) is 5.41 Å². The molecule has 5 heteroatoms. The Morgan fingerprint density at radius 2 is 2.00 bits per heavy atom. The lowest BCUT2D eigenvalue weighted by atomic mass is 9.62. The van der Waals surface area contributed by atoms with E-state index in [-0.39, 0.29) is 24.9 Å². The largest absolute Gasteiger partial charge is 0.497 e. The predicted octanol–water partition coefficient (Wildman–Crippen LogP) is 2.46. The Morgan fingerprint density at radius 3 is 2.41 bits per heavy atom. The van der Waals surface area contributed by atoms with Crippen LogP contribution < -0.4 is 10.5 Å². The summed E-state index contributed by atoms with van der Waals surface area (Å²) in [5.74, 6) is -2.90. The highest BCUT2D eigenvalue weighted by atomic mass is 19.3. The zero-order valence-corrected chi connectivity index (χ0v) is 9.47. The third kappa shape index (κ3) is 1.99. The minimum Gasteiger partial charge on any atom is -0.497 e. The molecule has 0 radical (unpaired) electrons. The van der Waals surface area contributed by atoms with Gasteiger partial charge in [-0.1, -0.05) is 6.07 Å². The second-order valence-electron chi connectivity index (χ2n) is 4.54. The van der Waals surface area contributed by atoms with Crippen LogP contribution in [0.15, 0.2) is 18.2 Å². The average Bonchev–Trinajstić information content (AvgIpc) is 2.25. The molecule has 0 unspecified atom stereocenters. The van der Waals surface area contributed by atoms with E-state index in [1.165, 1.54) is 19.2 Å². The molecule has 0 saturated heterocycles. The molecule has 2 nitrogen and oxygen atoms in total. The number of methoxy groups -OCH3 is 1. The number of benzene rings is 1. The Labute approximate surface area is 97.6 Å². The first-order chi connectivity index (χ1) is 7.92. The summed E-state index contributed by atoms with van der Waals surface area (Å²) in [5, 5.41) is 0. The van der Waals surface area contributed by atoms with Crippen molar-refractivity contribution in [1.82, 2.24) is 0 Å². The molecular weight excluding hydrogens is 231 g/mol. The van der Waals surface area contributed by atoms with Crippen LogP contribution in [0.5, 0.6) is 5.75 Å². The molecular formula is C12H14F3NO. The van der Waals surface area contributed by atoms with E-state index in [0.29, 0.717) is 5.75 Å². The maximum absolute atomic E-state index is 13.8. The first-order valence-electron chi connectivity index (χ1n) is 5.34. The summed E-state index contributed by atoms with van der Waals surface area (Å²) in [6.45, 7) is 0.0197. The number of alkyl halides is 2. The molecule has 17 heavy (non-hydrogen) atoms. The Hall–Kier alpha value is -1.23. The highest BCUT2D eigenvalue weighted by molar-refractivity contribution is 5.37. The molecule has 1 aliphatic rings. The molecule has 0 aliphatic heterocycles. The highest BCUT2D eigenvalue weighted by Crippen LogP contribution is 2.53. The molecule has 94 valence electrons. The maximum atomic E-state index is 13.8. The van der Waals surface area contributed by atoms with Crippen molar-refractivity contribution in [3.63, 3.8) is 0 Å². The van der Waals surface area contributed by atoms with Crippen LogP contribution in [0.1, 0.15) is 18.4 Å². The number of nitrogens with two attached hydrogens (primary N) is 1. The fourth-order valence-corrected chi connectivity index (χ4v) is 2.44. The van der Waals surface area contributed by atoms with Gasteiger partial charge in [0.15, 0.2) is 0 Å². The molecule has 0 spiro atoms. The van der Waals surface area contributed by atoms with Crippen molar-refractivity contribution in [3.05, 3.63) is 29.6 Å². The number of ether oxygens (including phenoxy) is 1. The second-order valence-corrected chi connectivity index (χ2v) is 4.54. The van der Waals surface area contributed by atoms with Gasteiger partial charge in [0.05, 0.1) is 7.11 Å². The van der Waals surface area contributed by atoms with Gasteiger partial charge in [-0.25, -0.2) is 13.2 Å². The fourth-order valence-electron chi connectivity index (χ4n) is 2.44. The first-order valence-corrected chi connectivity index (χ1v) is 5.34. The van der Waals surface area contributed by atoms with Gasteiger partial charge >= 0.3 is 0 Å². The minimum absolute atomic E-state index is 0.0197. The lowest BCUT2D eigenvalue weighted by molar-refractivity contribution is -0.124. The predicted molar refractivity (Wildman–Crippen MR) is 57.9 cm³/mol. The topological polar surface area (TPSA) is 35.2 Å². The van der Waals surface area contributed by atoms with Crippen LogP contribution in [0.25, 0.3) is 0 Å². The van der Waals surface area contributed by atoms with Crippen molar-refractivity contribution in [2.24, 2.45) is 5.73 Å². The lowest BCUT2D eigenvalue weighted by Gasteiger charge is -2.47. The zero-order chi connectivity index (χ0) is 12.7. The molecule has 1 aromatic carbocycles. The molecule has 0 bridgehead atoms. The maximum Gasteiger partial charge on any atom is 0.250 e. The highest BCUT2D eigenvalue weighted by Gasteiger charge is 2.57. The molecule has 1 aromatic rings. The van der Waals surface area contributed by atoms with Crippen LogP contribution in [0.4, 0.5) is 13.2 Å². The SMILES string of the molecule is COc1ccc(C2(CN)CC(F)(F)C2)c(F)c1. The van der Waals surface area contributed by atoms with Crippen molar-refractivity contribution < 1.29 is 17.9 Å². The number of hydrogen-bond acceptors (Lipinski definition) is 2. The summed E-state index contributed by atoms with van der Waals surface area (Å²) in [6.07, 6.45) is -0.778. The standard InChI is InChI=1S/C12H14F3NO/c1-17-8-2-3-9(10(13)4-8)11(7-16)5-12(14,15)6-11/h2-4H,5-7,16H2,1H3. The molecule has 2 N–H and O–H groups in total. The van der Waals surface area contributed by atoms with Crippen LogP contribution in [0, 0.1) is 5.82 Å². The van der Waals surface area contributed by atoms with E-state index in [1.54, 1.807) is 6.07 Å². The van der Waals surface area contributed by atoms with E-state index in [0.717, 1.165) is 0 Å². The van der Waals surface area contributed by atoms with E-state index < -0.39 is 17.2 Å². The summed E-state index contributed by atoms with van der Waals surface area (Å²) < 4.78 is 44.6. The van der Waals surface area contributed by atoms with Gasteiger partial charge in [-0.2, -0.15) is 0 Å². The number of rotatable bonds is 3. The van der Waals surface area contributed by atoms with Crippen LogP contribution >= 0.6 is 0 Å². The Kier molecular flexibility index (Phi) is 2.81. The average molecular weight is 245 g/mol. The van der Waals surface area contributed by atoms with E-state index in [9.17, 15) is 13.2 Å². The minimum atomic E-state index is -2.73. The normalized spacial score (nSPS) is 20.8. The molecule has 0 heterocycles. The summed E-state index contributed by atoms with van der Waals surface area (Å²) in [5.41, 5.74) is 4.86. The lowest BCUT2D eigenvalue weighted by Crippen LogP contribution is -2.54. The monoisotopic (exact) mass is 245 g/mol. The molecule has 1 aliphatic carbocycles. The van der Waals surface area contributed by atoms with Gasteiger partial charge in [0, 0.05) is 30.9 Å². The van der Waals surface area contributed by atoms with Crippen LogP contribution in [0.3, 0.4) is 0 Å². The summed E-state index contributed by atoms with van der Waals surface area (Å²) in [4.78, 5) is 0. The molecule has 0 aromatic heterocycles. The van der Waals surface area contributed by atoms with Crippen LogP contribution in [0.2, 0.25) is 0 Å². The van der Waals surface area contributed by atoms with Gasteiger partial charge in [-0.3, -0.25) is 0 Å². The summed E-state index contributed by atoms with van der Waals surface area (Å²) in [7, 11) is 1.42. The van der Waals surface area contributed by atoms with Crippen molar-refractivity contribution in [1.29, 1.82) is 0 Å². The van der Waals surface area contributed by atoms with Crippen molar-refractivity contribution >= 4 is 0 Å². The van der Waals surface area contributed by atoms with Crippen molar-refractivity contribution in [2.75, 3.05) is 13.7 Å². The molecule has 0 atom stereocenters. The molecule has 1 fully saturated rings. The van der Waals surface area contributed by atoms with Crippen LogP contribution in [-0.4, -0.2) is 19.6 Å². The zero-order valence-electron chi connectivity index (χ0n) is 9.47. The second kappa shape index (κ2) is 3.91. The molecule has 1 saturated carbocycles. The summed E-state index contributed by atoms with van der Waals surface area (Å²) >= 11 is 0. The smallest absolute Gasteiger partial charge is 0.250 e. The summed E-state index contributed by atoms with van der Waals surface area (Å²) in [6, 6.07) is 4.24. The van der Waals surface area contributed by atoms with Gasteiger partial charge in [-0.15, -0.1) is 0 Å². The van der Waals surface area contributed by atoms with E-state index in [2.05, 4.69) is 0 Å². The fraction of sp³-hybridized carbons (Fsp3) is 0.500. The van der Waals surface area contributed by atoms with E-state index in [4.69, 9.17) is 10.5 Å². The molecule has 2 rings (SSSR count). The van der Waals surface area contributed by atoms with Crippen molar-refractivity contribution in [2.45, 2.75) is 24.2 Å². The van der Waals surface area contributed by atoms with Gasteiger partial charge in [0.25, 0.3) is 0 Å². The third-order valence-electron chi connectivity index (χ3n) is 3.33. The Morgan fingerprint density at radius 1 is 1.35 bits per heavy atom. The third-order valence-corrected chi connectivity index (χ3v) is 3.33. The van der Waals surface area contributed by atoms with Gasteiger partial charge in [-0.05, 0) is 11.6 Å². The Bertz CT molecular complexity index is 426. The Balaban J connectivity index is 2.33. The molecule has 0 amide bonds. The van der Waals surface area contributed by atoms with E-state index in [1.807, 2.05) is 0 Å². The van der Waals surface area contributed by atoms with E-state index >= 15 is 0 Å². The quantitative estimate of drug-likeness (QED) is 0.887.